The van der Waals surface area contributed by atoms with E-state index >= 15 is 0 Å². The van der Waals surface area contributed by atoms with Crippen LogP contribution >= 0.6 is 0 Å². The third kappa shape index (κ3) is 1.02. The number of piperidine rings is 1. The molecule has 4 rings (SSSR count). The molecular formula is C11H20N2. The van der Waals surface area contributed by atoms with Crippen LogP contribution in [0.25, 0.3) is 0 Å². The van der Waals surface area contributed by atoms with Crippen LogP contribution in [0.15, 0.2) is 0 Å². The summed E-state index contributed by atoms with van der Waals surface area (Å²) in [6.07, 6.45) is 5.70. The van der Waals surface area contributed by atoms with Crippen LogP contribution in [-0.4, -0.2) is 29.6 Å². The minimum absolute atomic E-state index is 0.462. The number of nitrogens with two attached hydrogens (primary N) is 1. The van der Waals surface area contributed by atoms with Crippen LogP contribution in [0, 0.1) is 11.8 Å². The summed E-state index contributed by atoms with van der Waals surface area (Å²) >= 11 is 0. The van der Waals surface area contributed by atoms with Crippen LogP contribution < -0.4 is 5.73 Å². The van der Waals surface area contributed by atoms with Gasteiger partial charge in [-0.05, 0) is 37.5 Å². The summed E-state index contributed by atoms with van der Waals surface area (Å²) in [7, 11) is 0. The standard InChI is InChI=1S/C11H20N2/c1-8-7-13(3-2-10(8)12)11-4-9(5-11)6-11/h8-10H,2-7,12H2,1H3. The summed E-state index contributed by atoms with van der Waals surface area (Å²) in [4.78, 5) is 2.74. The summed E-state index contributed by atoms with van der Waals surface area (Å²) in [6, 6.07) is 0.462. The van der Waals surface area contributed by atoms with Gasteiger partial charge in [0, 0.05) is 24.7 Å². The zero-order chi connectivity index (χ0) is 9.05. The molecule has 2 heteroatoms. The van der Waals surface area contributed by atoms with Crippen molar-refractivity contribution in [3.05, 3.63) is 0 Å². The van der Waals surface area contributed by atoms with E-state index in [4.69, 9.17) is 5.73 Å². The van der Waals surface area contributed by atoms with Crippen molar-refractivity contribution in [2.45, 2.75) is 44.2 Å². The molecule has 0 amide bonds. The van der Waals surface area contributed by atoms with E-state index in [1.54, 1.807) is 0 Å². The Morgan fingerprint density at radius 1 is 1.31 bits per heavy atom. The number of nitrogens with zero attached hydrogens (tertiary/aromatic N) is 1. The fraction of sp³-hybridized carbons (Fsp3) is 1.00. The predicted octanol–water partition coefficient (Wildman–Crippen LogP) is 1.21. The van der Waals surface area contributed by atoms with Gasteiger partial charge in [0.15, 0.2) is 0 Å². The minimum Gasteiger partial charge on any atom is -0.327 e. The molecule has 0 radical (unpaired) electrons. The van der Waals surface area contributed by atoms with E-state index in [1.807, 2.05) is 0 Å². The Hall–Kier alpha value is -0.0800. The maximum Gasteiger partial charge on any atom is 0.0217 e. The van der Waals surface area contributed by atoms with Crippen LogP contribution in [0.4, 0.5) is 0 Å². The highest BCUT2D eigenvalue weighted by atomic mass is 15.2. The highest BCUT2D eigenvalue weighted by Crippen LogP contribution is 2.61. The van der Waals surface area contributed by atoms with E-state index < -0.39 is 0 Å². The van der Waals surface area contributed by atoms with Gasteiger partial charge in [0.2, 0.25) is 0 Å². The van der Waals surface area contributed by atoms with Crippen molar-refractivity contribution in [1.82, 2.24) is 4.90 Å². The summed E-state index contributed by atoms with van der Waals surface area (Å²) in [5.74, 6) is 1.81. The second kappa shape index (κ2) is 2.48. The molecule has 0 spiro atoms. The molecule has 0 aromatic heterocycles. The lowest BCUT2D eigenvalue weighted by Gasteiger charge is -2.68. The lowest BCUT2D eigenvalue weighted by molar-refractivity contribution is -0.156. The molecule has 1 saturated heterocycles. The Morgan fingerprint density at radius 2 is 2.00 bits per heavy atom. The molecular weight excluding hydrogens is 160 g/mol. The van der Waals surface area contributed by atoms with Gasteiger partial charge in [-0.15, -0.1) is 0 Å². The van der Waals surface area contributed by atoms with Gasteiger partial charge < -0.3 is 5.73 Å². The van der Waals surface area contributed by atoms with Gasteiger partial charge in [-0.1, -0.05) is 6.92 Å². The minimum atomic E-state index is 0.462. The molecule has 1 heterocycles. The summed E-state index contributed by atoms with van der Waals surface area (Å²) in [5, 5.41) is 0. The van der Waals surface area contributed by atoms with Crippen molar-refractivity contribution < 1.29 is 0 Å². The van der Waals surface area contributed by atoms with Gasteiger partial charge in [-0.2, -0.15) is 0 Å². The zero-order valence-corrected chi connectivity index (χ0v) is 8.50. The van der Waals surface area contributed by atoms with Crippen LogP contribution in [0.3, 0.4) is 0 Å². The lowest BCUT2D eigenvalue weighted by Crippen LogP contribution is -2.70. The van der Waals surface area contributed by atoms with Gasteiger partial charge in [0.05, 0.1) is 0 Å². The quantitative estimate of drug-likeness (QED) is 0.657. The van der Waals surface area contributed by atoms with Gasteiger partial charge in [-0.3, -0.25) is 4.90 Å². The molecule has 2 atom stereocenters. The molecule has 2 bridgehead atoms. The maximum atomic E-state index is 6.03. The average Bonchev–Trinajstić information content (AvgIpc) is 1.90. The molecule has 0 aromatic rings. The summed E-state index contributed by atoms with van der Waals surface area (Å²) in [5.41, 5.74) is 6.71. The number of hydrogen-bond acceptors (Lipinski definition) is 2. The number of hydrogen-bond donors (Lipinski definition) is 1. The monoisotopic (exact) mass is 180 g/mol. The summed E-state index contributed by atoms with van der Waals surface area (Å²) < 4.78 is 0. The molecule has 3 aliphatic carbocycles. The number of likely N-dealkylation sites (tertiary alicyclic amines) is 1. The molecule has 74 valence electrons. The Morgan fingerprint density at radius 3 is 2.46 bits per heavy atom. The van der Waals surface area contributed by atoms with E-state index in [0.717, 1.165) is 5.92 Å². The molecule has 1 aliphatic heterocycles. The molecule has 2 N–H and O–H groups in total. The van der Waals surface area contributed by atoms with E-state index in [0.29, 0.717) is 17.5 Å². The van der Waals surface area contributed by atoms with E-state index in [1.165, 1.54) is 38.8 Å². The van der Waals surface area contributed by atoms with Crippen LogP contribution in [0.5, 0.6) is 0 Å². The second-order valence-corrected chi connectivity index (χ2v) is 5.58. The molecule has 13 heavy (non-hydrogen) atoms. The van der Waals surface area contributed by atoms with Crippen molar-refractivity contribution >= 4 is 0 Å². The Kier molecular flexibility index (Phi) is 1.58. The molecule has 2 nitrogen and oxygen atoms in total. The molecule has 3 saturated carbocycles. The first kappa shape index (κ1) is 8.25. The topological polar surface area (TPSA) is 29.3 Å². The maximum absolute atomic E-state index is 6.03. The Bertz CT molecular complexity index is 209. The summed E-state index contributed by atoms with van der Waals surface area (Å²) in [6.45, 7) is 4.83. The highest BCUT2D eigenvalue weighted by Gasteiger charge is 2.60. The fourth-order valence-corrected chi connectivity index (χ4v) is 3.41. The van der Waals surface area contributed by atoms with Crippen LogP contribution in [-0.2, 0) is 0 Å². The predicted molar refractivity (Wildman–Crippen MR) is 53.4 cm³/mol. The van der Waals surface area contributed by atoms with Gasteiger partial charge in [-0.25, -0.2) is 0 Å². The van der Waals surface area contributed by atoms with Crippen molar-refractivity contribution in [3.63, 3.8) is 0 Å². The fourth-order valence-electron chi connectivity index (χ4n) is 3.41. The third-order valence-electron chi connectivity index (χ3n) is 4.65. The molecule has 4 fully saturated rings. The Balaban J connectivity index is 1.66. The number of rotatable bonds is 1. The smallest absolute Gasteiger partial charge is 0.0217 e. The lowest BCUT2D eigenvalue weighted by atomic mass is 9.48. The third-order valence-corrected chi connectivity index (χ3v) is 4.65. The average molecular weight is 180 g/mol. The SMILES string of the molecule is CC1CN(C23CC(C2)C3)CCC1N. The van der Waals surface area contributed by atoms with Crippen molar-refractivity contribution in [2.24, 2.45) is 17.6 Å². The first-order valence-corrected chi connectivity index (χ1v) is 5.70. The van der Waals surface area contributed by atoms with Crippen molar-refractivity contribution in [3.8, 4) is 0 Å². The van der Waals surface area contributed by atoms with Crippen molar-refractivity contribution in [1.29, 1.82) is 0 Å². The van der Waals surface area contributed by atoms with Gasteiger partial charge >= 0.3 is 0 Å². The van der Waals surface area contributed by atoms with Crippen LogP contribution in [0.1, 0.15) is 32.6 Å². The van der Waals surface area contributed by atoms with Crippen LogP contribution in [0.2, 0.25) is 0 Å². The van der Waals surface area contributed by atoms with Gasteiger partial charge in [0.25, 0.3) is 0 Å². The van der Waals surface area contributed by atoms with E-state index in [2.05, 4.69) is 11.8 Å². The highest BCUT2D eigenvalue weighted by molar-refractivity contribution is 5.15. The Labute approximate surface area is 80.5 Å². The zero-order valence-electron chi connectivity index (χ0n) is 8.50. The first-order valence-electron chi connectivity index (χ1n) is 5.70. The molecule has 2 unspecified atom stereocenters. The molecule has 4 aliphatic rings. The van der Waals surface area contributed by atoms with Gasteiger partial charge in [0.1, 0.15) is 0 Å². The second-order valence-electron chi connectivity index (χ2n) is 5.58. The largest absolute Gasteiger partial charge is 0.327 e. The molecule has 0 aromatic carbocycles. The normalized spacial score (nSPS) is 55.4. The van der Waals surface area contributed by atoms with E-state index in [9.17, 15) is 0 Å². The van der Waals surface area contributed by atoms with E-state index in [-0.39, 0.29) is 0 Å². The first-order chi connectivity index (χ1) is 6.20. The van der Waals surface area contributed by atoms with Crippen molar-refractivity contribution in [2.75, 3.05) is 13.1 Å².